The molecule has 1 aliphatic rings. The Balaban J connectivity index is 2.71. The lowest BCUT2D eigenvalue weighted by Crippen LogP contribution is -2.49. The maximum Gasteiger partial charge on any atom is 0.0243 e. The lowest BCUT2D eigenvalue weighted by molar-refractivity contribution is 0.0620. The van der Waals surface area contributed by atoms with Crippen molar-refractivity contribution in [2.24, 2.45) is 0 Å². The first kappa shape index (κ1) is 11.8. The molecule has 0 unspecified atom stereocenters. The Kier molecular flexibility index (Phi) is 4.67. The van der Waals surface area contributed by atoms with Gasteiger partial charge in [0.15, 0.2) is 0 Å². The Morgan fingerprint density at radius 2 is 1.71 bits per heavy atom. The maximum atomic E-state index is 3.92. The van der Waals surface area contributed by atoms with E-state index < -0.39 is 0 Å². The smallest absolute Gasteiger partial charge is 0.0243 e. The molecule has 0 heterocycles. The van der Waals surface area contributed by atoms with Crippen LogP contribution in [0.25, 0.3) is 0 Å². The monoisotopic (exact) mass is 195 g/mol. The first-order chi connectivity index (χ1) is 6.79. The zero-order chi connectivity index (χ0) is 10.4. The average molecular weight is 195 g/mol. The number of rotatable bonds is 5. The Morgan fingerprint density at radius 1 is 1.14 bits per heavy atom. The van der Waals surface area contributed by atoms with Crippen LogP contribution in [0.15, 0.2) is 12.7 Å². The summed E-state index contributed by atoms with van der Waals surface area (Å²) < 4.78 is 0. The third-order valence-electron chi connectivity index (χ3n) is 3.74. The summed E-state index contributed by atoms with van der Waals surface area (Å²) in [7, 11) is 0. The van der Waals surface area contributed by atoms with E-state index in [4.69, 9.17) is 0 Å². The second kappa shape index (κ2) is 5.55. The molecule has 1 heteroatoms. The van der Waals surface area contributed by atoms with Crippen molar-refractivity contribution < 1.29 is 0 Å². The molecule has 1 fully saturated rings. The van der Waals surface area contributed by atoms with Crippen LogP contribution in [0.2, 0.25) is 0 Å². The average Bonchev–Trinajstić information content (AvgIpc) is 2.21. The molecule has 0 aromatic carbocycles. The predicted molar refractivity (Wildman–Crippen MR) is 63.6 cm³/mol. The highest BCUT2D eigenvalue weighted by molar-refractivity contribution is 4.97. The molecule has 0 radical (unpaired) electrons. The van der Waals surface area contributed by atoms with Gasteiger partial charge >= 0.3 is 0 Å². The van der Waals surface area contributed by atoms with E-state index in [9.17, 15) is 0 Å². The Hall–Kier alpha value is -0.300. The summed E-state index contributed by atoms with van der Waals surface area (Å²) in [6.07, 6.45) is 10.3. The fourth-order valence-corrected chi connectivity index (χ4v) is 3.02. The van der Waals surface area contributed by atoms with Crippen LogP contribution in [0.1, 0.15) is 52.4 Å². The highest BCUT2D eigenvalue weighted by atomic mass is 15.2. The highest BCUT2D eigenvalue weighted by Gasteiger charge is 2.34. The summed E-state index contributed by atoms with van der Waals surface area (Å²) in [5.74, 6) is 0. The molecule has 0 aliphatic heterocycles. The number of hydrogen-bond acceptors (Lipinski definition) is 1. The van der Waals surface area contributed by atoms with Crippen molar-refractivity contribution in [3.05, 3.63) is 12.7 Å². The zero-order valence-electron chi connectivity index (χ0n) is 9.89. The van der Waals surface area contributed by atoms with Gasteiger partial charge in [-0.1, -0.05) is 39.2 Å². The van der Waals surface area contributed by atoms with Gasteiger partial charge in [0.2, 0.25) is 0 Å². The summed E-state index contributed by atoms with van der Waals surface area (Å²) in [6, 6.07) is 0. The Morgan fingerprint density at radius 3 is 2.14 bits per heavy atom. The van der Waals surface area contributed by atoms with E-state index in [1.165, 1.54) is 51.6 Å². The minimum atomic E-state index is 0.462. The molecule has 1 saturated carbocycles. The van der Waals surface area contributed by atoms with Crippen molar-refractivity contribution in [1.29, 1.82) is 0 Å². The standard InChI is InChI=1S/C13H25N/c1-4-10-13(14(5-2)6-3)11-8-7-9-12-13/h4H,1,5-12H2,2-3H3. The molecule has 1 aliphatic carbocycles. The zero-order valence-corrected chi connectivity index (χ0v) is 9.89. The van der Waals surface area contributed by atoms with Crippen LogP contribution < -0.4 is 0 Å². The van der Waals surface area contributed by atoms with Crippen LogP contribution >= 0.6 is 0 Å². The second-order valence-corrected chi connectivity index (χ2v) is 4.45. The van der Waals surface area contributed by atoms with Crippen molar-refractivity contribution >= 4 is 0 Å². The molecular formula is C13H25N. The van der Waals surface area contributed by atoms with Gasteiger partial charge in [-0.25, -0.2) is 0 Å². The van der Waals surface area contributed by atoms with Crippen LogP contribution in [-0.2, 0) is 0 Å². The first-order valence-electron chi connectivity index (χ1n) is 6.15. The molecule has 0 N–H and O–H groups in total. The lowest BCUT2D eigenvalue weighted by Gasteiger charge is -2.45. The molecular weight excluding hydrogens is 170 g/mol. The Labute approximate surface area is 89.2 Å². The van der Waals surface area contributed by atoms with Crippen molar-refractivity contribution in [3.63, 3.8) is 0 Å². The van der Waals surface area contributed by atoms with Crippen LogP contribution in [-0.4, -0.2) is 23.5 Å². The van der Waals surface area contributed by atoms with Crippen LogP contribution in [0.5, 0.6) is 0 Å². The van der Waals surface area contributed by atoms with Gasteiger partial charge in [0.05, 0.1) is 0 Å². The van der Waals surface area contributed by atoms with Crippen molar-refractivity contribution in [3.8, 4) is 0 Å². The highest BCUT2D eigenvalue weighted by Crippen LogP contribution is 2.36. The fourth-order valence-electron chi connectivity index (χ4n) is 3.02. The topological polar surface area (TPSA) is 3.24 Å². The lowest BCUT2D eigenvalue weighted by atomic mass is 9.78. The van der Waals surface area contributed by atoms with Gasteiger partial charge in [0.25, 0.3) is 0 Å². The SMILES string of the molecule is C=CCC1(N(CC)CC)CCCCC1. The van der Waals surface area contributed by atoms with Crippen LogP contribution in [0.4, 0.5) is 0 Å². The van der Waals surface area contributed by atoms with Crippen LogP contribution in [0, 0.1) is 0 Å². The molecule has 1 nitrogen and oxygen atoms in total. The van der Waals surface area contributed by atoms with Crippen LogP contribution in [0.3, 0.4) is 0 Å². The molecule has 82 valence electrons. The summed E-state index contributed by atoms with van der Waals surface area (Å²) in [5, 5.41) is 0. The molecule has 14 heavy (non-hydrogen) atoms. The summed E-state index contributed by atoms with van der Waals surface area (Å²) in [4.78, 5) is 2.65. The van der Waals surface area contributed by atoms with Gasteiger partial charge in [-0.2, -0.15) is 0 Å². The van der Waals surface area contributed by atoms with E-state index in [2.05, 4.69) is 31.4 Å². The molecule has 0 spiro atoms. The van der Waals surface area contributed by atoms with Gasteiger partial charge in [0, 0.05) is 5.54 Å². The Bertz CT molecular complexity index is 164. The van der Waals surface area contributed by atoms with E-state index in [-0.39, 0.29) is 0 Å². The third kappa shape index (κ3) is 2.38. The molecule has 1 rings (SSSR count). The van der Waals surface area contributed by atoms with Crippen molar-refractivity contribution in [2.75, 3.05) is 13.1 Å². The van der Waals surface area contributed by atoms with Gasteiger partial charge < -0.3 is 0 Å². The minimum Gasteiger partial charge on any atom is -0.298 e. The molecule has 0 aromatic heterocycles. The van der Waals surface area contributed by atoms with Gasteiger partial charge in [-0.15, -0.1) is 6.58 Å². The third-order valence-corrected chi connectivity index (χ3v) is 3.74. The summed E-state index contributed by atoms with van der Waals surface area (Å²) >= 11 is 0. The molecule has 0 saturated heterocycles. The van der Waals surface area contributed by atoms with E-state index in [1.807, 2.05) is 0 Å². The maximum absolute atomic E-state index is 3.92. The normalized spacial score (nSPS) is 21.1. The second-order valence-electron chi connectivity index (χ2n) is 4.45. The summed E-state index contributed by atoms with van der Waals surface area (Å²) in [5.41, 5.74) is 0.462. The van der Waals surface area contributed by atoms with E-state index >= 15 is 0 Å². The molecule has 0 atom stereocenters. The van der Waals surface area contributed by atoms with E-state index in [0.29, 0.717) is 5.54 Å². The quantitative estimate of drug-likeness (QED) is 0.606. The fraction of sp³-hybridized carbons (Fsp3) is 0.846. The van der Waals surface area contributed by atoms with E-state index in [0.717, 1.165) is 0 Å². The minimum absolute atomic E-state index is 0.462. The molecule has 0 aromatic rings. The predicted octanol–water partition coefficient (Wildman–Crippen LogP) is 3.61. The summed E-state index contributed by atoms with van der Waals surface area (Å²) in [6.45, 7) is 10.9. The number of nitrogens with zero attached hydrogens (tertiary/aromatic N) is 1. The first-order valence-corrected chi connectivity index (χ1v) is 6.15. The van der Waals surface area contributed by atoms with Crippen molar-refractivity contribution in [2.45, 2.75) is 57.9 Å². The largest absolute Gasteiger partial charge is 0.298 e. The van der Waals surface area contributed by atoms with Gasteiger partial charge in [-0.05, 0) is 32.4 Å². The van der Waals surface area contributed by atoms with Gasteiger partial charge in [-0.3, -0.25) is 4.90 Å². The van der Waals surface area contributed by atoms with E-state index in [1.54, 1.807) is 0 Å². The molecule has 0 bridgehead atoms. The van der Waals surface area contributed by atoms with Crippen molar-refractivity contribution in [1.82, 2.24) is 4.90 Å². The molecule has 0 amide bonds. The number of hydrogen-bond donors (Lipinski definition) is 0. The van der Waals surface area contributed by atoms with Gasteiger partial charge in [0.1, 0.15) is 0 Å².